The average molecular weight is 269 g/mol. The fourth-order valence-corrected chi connectivity index (χ4v) is 2.51. The molecule has 0 spiro atoms. The van der Waals surface area contributed by atoms with Crippen molar-refractivity contribution < 1.29 is 14.3 Å². The second kappa shape index (κ2) is 5.43. The van der Waals surface area contributed by atoms with Crippen LogP contribution < -0.4 is 5.32 Å². The van der Waals surface area contributed by atoms with Gasteiger partial charge in [0, 0.05) is 0 Å². The molecule has 0 saturated carbocycles. The van der Waals surface area contributed by atoms with Gasteiger partial charge in [0.25, 0.3) is 0 Å². The van der Waals surface area contributed by atoms with Gasteiger partial charge in [0.05, 0.1) is 5.56 Å². The maximum absolute atomic E-state index is 12.2. The van der Waals surface area contributed by atoms with E-state index in [9.17, 15) is 9.59 Å². The number of esters is 2. The minimum absolute atomic E-state index is 0.353. The quantitative estimate of drug-likeness (QED) is 0.671. The number of hydrogen-bond donors (Lipinski definition) is 1. The highest BCUT2D eigenvalue weighted by atomic mass is 16.6. The van der Waals surface area contributed by atoms with Gasteiger partial charge in [-0.05, 0) is 36.2 Å². The third kappa shape index (κ3) is 2.42. The van der Waals surface area contributed by atoms with Crippen molar-refractivity contribution in [3.63, 3.8) is 0 Å². The van der Waals surface area contributed by atoms with Crippen molar-refractivity contribution >= 4 is 22.7 Å². The highest BCUT2D eigenvalue weighted by Crippen LogP contribution is 2.19. The lowest BCUT2D eigenvalue weighted by molar-refractivity contribution is -0.139. The van der Waals surface area contributed by atoms with Crippen LogP contribution in [0.1, 0.15) is 23.2 Å². The van der Waals surface area contributed by atoms with Crippen LogP contribution in [0.5, 0.6) is 0 Å². The van der Waals surface area contributed by atoms with Crippen LogP contribution in [0.15, 0.2) is 42.5 Å². The highest BCUT2D eigenvalue weighted by molar-refractivity contribution is 6.07. The van der Waals surface area contributed by atoms with Crippen molar-refractivity contribution in [3.8, 4) is 0 Å². The molecule has 0 aliphatic carbocycles. The van der Waals surface area contributed by atoms with Crippen LogP contribution in [0, 0.1) is 0 Å². The molecular formula is C16H15NO3. The zero-order valence-electron chi connectivity index (χ0n) is 11.0. The number of benzene rings is 2. The van der Waals surface area contributed by atoms with Gasteiger partial charge in [-0.3, -0.25) is 0 Å². The Bertz CT molecular complexity index is 654. The highest BCUT2D eigenvalue weighted by Gasteiger charge is 2.26. The van der Waals surface area contributed by atoms with Gasteiger partial charge in [-0.2, -0.15) is 0 Å². The van der Waals surface area contributed by atoms with Gasteiger partial charge in [0.1, 0.15) is 6.04 Å². The molecule has 2 aromatic rings. The van der Waals surface area contributed by atoms with E-state index >= 15 is 0 Å². The summed E-state index contributed by atoms with van der Waals surface area (Å²) < 4.78 is 4.99. The first-order valence-corrected chi connectivity index (χ1v) is 6.73. The molecule has 1 aliphatic heterocycles. The lowest BCUT2D eigenvalue weighted by Gasteiger charge is -2.10. The maximum atomic E-state index is 12.2. The molecule has 1 aliphatic rings. The standard InChI is InChI=1S/C16H15NO3/c18-15(20-16(19)14-9-4-10-17-14)13-8-3-6-11-5-1-2-7-12(11)13/h1-3,5-8,14,17H,4,9-10H2/t14-/m0/s1. The number of ether oxygens (including phenoxy) is 1. The molecule has 0 amide bonds. The summed E-state index contributed by atoms with van der Waals surface area (Å²) in [5.74, 6) is -1.07. The van der Waals surface area contributed by atoms with E-state index in [1.165, 1.54) is 0 Å². The fourth-order valence-electron chi connectivity index (χ4n) is 2.51. The van der Waals surface area contributed by atoms with Crippen molar-refractivity contribution in [2.75, 3.05) is 6.54 Å². The SMILES string of the molecule is O=C(OC(=O)[C@@H]1CCCN1)c1cccc2ccccc12. The molecule has 1 atom stereocenters. The summed E-state index contributed by atoms with van der Waals surface area (Å²) in [6.45, 7) is 0.794. The number of fused-ring (bicyclic) bond motifs is 1. The monoisotopic (exact) mass is 269 g/mol. The maximum Gasteiger partial charge on any atom is 0.346 e. The van der Waals surface area contributed by atoms with Crippen LogP contribution in [0.2, 0.25) is 0 Å². The van der Waals surface area contributed by atoms with Gasteiger partial charge in [-0.15, -0.1) is 0 Å². The molecule has 4 nitrogen and oxygen atoms in total. The van der Waals surface area contributed by atoms with E-state index in [1.54, 1.807) is 12.1 Å². The third-order valence-corrected chi connectivity index (χ3v) is 3.55. The van der Waals surface area contributed by atoms with Crippen molar-refractivity contribution in [3.05, 3.63) is 48.0 Å². The van der Waals surface area contributed by atoms with E-state index in [1.807, 2.05) is 30.3 Å². The summed E-state index contributed by atoms with van der Waals surface area (Å²) in [5.41, 5.74) is 0.425. The molecule has 4 heteroatoms. The molecule has 1 saturated heterocycles. The van der Waals surface area contributed by atoms with Gasteiger partial charge in [0.15, 0.2) is 0 Å². The molecule has 20 heavy (non-hydrogen) atoms. The second-order valence-electron chi connectivity index (χ2n) is 4.88. The summed E-state index contributed by atoms with van der Waals surface area (Å²) in [6.07, 6.45) is 1.66. The zero-order chi connectivity index (χ0) is 13.9. The summed E-state index contributed by atoms with van der Waals surface area (Å²) >= 11 is 0. The Balaban J connectivity index is 1.83. The molecule has 1 fully saturated rings. The van der Waals surface area contributed by atoms with E-state index < -0.39 is 11.9 Å². The predicted molar refractivity (Wildman–Crippen MR) is 75.4 cm³/mol. The van der Waals surface area contributed by atoms with Gasteiger partial charge in [-0.1, -0.05) is 36.4 Å². The number of hydrogen-bond acceptors (Lipinski definition) is 4. The van der Waals surface area contributed by atoms with Gasteiger partial charge < -0.3 is 10.1 Å². The van der Waals surface area contributed by atoms with E-state index in [0.29, 0.717) is 5.56 Å². The first kappa shape index (κ1) is 12.8. The largest absolute Gasteiger partial charge is 0.388 e. The van der Waals surface area contributed by atoms with E-state index in [0.717, 1.165) is 30.2 Å². The lowest BCUT2D eigenvalue weighted by Crippen LogP contribution is -2.33. The Morgan fingerprint density at radius 2 is 1.90 bits per heavy atom. The summed E-state index contributed by atoms with van der Waals surface area (Å²) in [5, 5.41) is 4.77. The molecule has 2 aromatic carbocycles. The van der Waals surface area contributed by atoms with Crippen molar-refractivity contribution in [1.29, 1.82) is 0 Å². The topological polar surface area (TPSA) is 55.4 Å². The minimum Gasteiger partial charge on any atom is -0.388 e. The van der Waals surface area contributed by atoms with Crippen LogP contribution >= 0.6 is 0 Å². The minimum atomic E-state index is -0.583. The van der Waals surface area contributed by atoms with Gasteiger partial charge in [-0.25, -0.2) is 9.59 Å². The zero-order valence-corrected chi connectivity index (χ0v) is 11.0. The lowest BCUT2D eigenvalue weighted by atomic mass is 10.0. The first-order chi connectivity index (χ1) is 9.75. The van der Waals surface area contributed by atoms with Crippen LogP contribution in [0.4, 0.5) is 0 Å². The van der Waals surface area contributed by atoms with Crippen molar-refractivity contribution in [1.82, 2.24) is 5.32 Å². The summed E-state index contributed by atoms with van der Waals surface area (Å²) in [7, 11) is 0. The molecule has 0 radical (unpaired) electrons. The van der Waals surface area contributed by atoms with Crippen LogP contribution in [-0.4, -0.2) is 24.5 Å². The molecule has 0 unspecified atom stereocenters. The van der Waals surface area contributed by atoms with Crippen molar-refractivity contribution in [2.45, 2.75) is 18.9 Å². The Morgan fingerprint density at radius 1 is 1.10 bits per heavy atom. The molecule has 1 N–H and O–H groups in total. The third-order valence-electron chi connectivity index (χ3n) is 3.55. The van der Waals surface area contributed by atoms with Gasteiger partial charge in [0.2, 0.25) is 0 Å². The number of carbonyl (C=O) groups excluding carboxylic acids is 2. The number of nitrogens with one attached hydrogen (secondary N) is 1. The predicted octanol–water partition coefficient (Wildman–Crippen LogP) is 2.28. The first-order valence-electron chi connectivity index (χ1n) is 6.73. The molecule has 3 rings (SSSR count). The Hall–Kier alpha value is -2.20. The number of carbonyl (C=O) groups is 2. The van der Waals surface area contributed by atoms with Crippen molar-refractivity contribution in [2.24, 2.45) is 0 Å². The molecule has 0 aromatic heterocycles. The molecule has 0 bridgehead atoms. The Kier molecular flexibility index (Phi) is 3.48. The Labute approximate surface area is 116 Å². The van der Waals surface area contributed by atoms with Crippen LogP contribution in [-0.2, 0) is 9.53 Å². The fraction of sp³-hybridized carbons (Fsp3) is 0.250. The van der Waals surface area contributed by atoms with E-state index in [2.05, 4.69) is 5.32 Å². The van der Waals surface area contributed by atoms with E-state index in [-0.39, 0.29) is 6.04 Å². The van der Waals surface area contributed by atoms with Crippen LogP contribution in [0.25, 0.3) is 10.8 Å². The molecular weight excluding hydrogens is 254 g/mol. The van der Waals surface area contributed by atoms with Gasteiger partial charge >= 0.3 is 11.9 Å². The number of rotatable bonds is 2. The average Bonchev–Trinajstić information content (AvgIpc) is 3.01. The Morgan fingerprint density at radius 3 is 2.70 bits per heavy atom. The molecule has 102 valence electrons. The summed E-state index contributed by atoms with van der Waals surface area (Å²) in [6, 6.07) is 12.6. The smallest absolute Gasteiger partial charge is 0.346 e. The normalized spacial score (nSPS) is 18.1. The summed E-state index contributed by atoms with van der Waals surface area (Å²) in [4.78, 5) is 24.0. The second-order valence-corrected chi connectivity index (χ2v) is 4.88. The van der Waals surface area contributed by atoms with E-state index in [4.69, 9.17) is 4.74 Å². The molecule has 1 heterocycles. The van der Waals surface area contributed by atoms with Crippen LogP contribution in [0.3, 0.4) is 0 Å².